The molecule has 152 valence electrons. The summed E-state index contributed by atoms with van der Waals surface area (Å²) in [5.41, 5.74) is 0.496. The molecule has 0 saturated heterocycles. The van der Waals surface area contributed by atoms with Gasteiger partial charge in [0.15, 0.2) is 6.61 Å². The summed E-state index contributed by atoms with van der Waals surface area (Å²) >= 11 is 0. The number of nitrogens with one attached hydrogen (secondary N) is 1. The van der Waals surface area contributed by atoms with Gasteiger partial charge < -0.3 is 10.1 Å². The molecule has 0 aromatic heterocycles. The standard InChI is InChI=1S/C22H18N2O6/c25-20(16-7-3-8-17(13-16)24(28)29)14-30-22(27)12-11-21(26)23-19-10-4-6-15-5-1-2-9-18(15)19/h1-10,13H,11-12,14H2,(H,23,26). The second kappa shape index (κ2) is 9.42. The van der Waals surface area contributed by atoms with Crippen molar-refractivity contribution in [2.45, 2.75) is 12.8 Å². The summed E-state index contributed by atoms with van der Waals surface area (Å²) in [6.45, 7) is -0.551. The molecule has 8 heteroatoms. The van der Waals surface area contributed by atoms with Gasteiger partial charge in [0, 0.05) is 35.2 Å². The van der Waals surface area contributed by atoms with E-state index in [0.717, 1.165) is 16.8 Å². The maximum atomic E-state index is 12.2. The maximum absolute atomic E-state index is 12.2. The van der Waals surface area contributed by atoms with Crippen LogP contribution in [0.15, 0.2) is 66.7 Å². The Balaban J connectivity index is 1.48. The highest BCUT2D eigenvalue weighted by Crippen LogP contribution is 2.23. The lowest BCUT2D eigenvalue weighted by Gasteiger charge is -2.09. The first-order valence-electron chi connectivity index (χ1n) is 9.15. The van der Waals surface area contributed by atoms with Crippen molar-refractivity contribution in [3.05, 3.63) is 82.4 Å². The van der Waals surface area contributed by atoms with E-state index < -0.39 is 23.3 Å². The predicted octanol–water partition coefficient (Wildman–Crippen LogP) is 3.89. The number of fused-ring (bicyclic) bond motifs is 1. The van der Waals surface area contributed by atoms with Crippen LogP contribution in [-0.2, 0) is 14.3 Å². The minimum absolute atomic E-state index is 0.0747. The molecule has 3 rings (SSSR count). The topological polar surface area (TPSA) is 116 Å². The van der Waals surface area contributed by atoms with Gasteiger partial charge in [-0.05, 0) is 11.5 Å². The molecule has 1 amide bonds. The van der Waals surface area contributed by atoms with Crippen LogP contribution in [0.3, 0.4) is 0 Å². The minimum Gasteiger partial charge on any atom is -0.457 e. The first kappa shape index (κ1) is 20.7. The number of nitro benzene ring substituents is 1. The second-order valence-corrected chi connectivity index (χ2v) is 6.47. The number of ketones is 1. The summed E-state index contributed by atoms with van der Waals surface area (Å²) in [7, 11) is 0. The number of nitrogens with zero attached hydrogens (tertiary/aromatic N) is 1. The van der Waals surface area contributed by atoms with Crippen LogP contribution >= 0.6 is 0 Å². The van der Waals surface area contributed by atoms with E-state index in [4.69, 9.17) is 4.74 Å². The lowest BCUT2D eigenvalue weighted by atomic mass is 10.1. The maximum Gasteiger partial charge on any atom is 0.306 e. The monoisotopic (exact) mass is 406 g/mol. The van der Waals surface area contributed by atoms with Crippen molar-refractivity contribution < 1.29 is 24.0 Å². The number of anilines is 1. The number of esters is 1. The minimum atomic E-state index is -0.707. The Kier molecular flexibility index (Phi) is 6.49. The zero-order valence-corrected chi connectivity index (χ0v) is 15.9. The van der Waals surface area contributed by atoms with Gasteiger partial charge in [0.2, 0.25) is 11.7 Å². The van der Waals surface area contributed by atoms with Gasteiger partial charge >= 0.3 is 5.97 Å². The van der Waals surface area contributed by atoms with Crippen LogP contribution in [0.5, 0.6) is 0 Å². The number of hydrogen-bond donors (Lipinski definition) is 1. The van der Waals surface area contributed by atoms with Crippen LogP contribution in [0.1, 0.15) is 23.2 Å². The van der Waals surface area contributed by atoms with E-state index in [1.165, 1.54) is 18.2 Å². The van der Waals surface area contributed by atoms with Crippen LogP contribution in [-0.4, -0.2) is 29.2 Å². The highest BCUT2D eigenvalue weighted by molar-refractivity contribution is 6.02. The molecule has 0 aliphatic rings. The van der Waals surface area contributed by atoms with Crippen LogP contribution in [0.25, 0.3) is 10.8 Å². The van der Waals surface area contributed by atoms with Gasteiger partial charge in [0.1, 0.15) is 0 Å². The molecule has 8 nitrogen and oxygen atoms in total. The number of amides is 1. The van der Waals surface area contributed by atoms with Gasteiger partial charge in [-0.1, -0.05) is 48.5 Å². The van der Waals surface area contributed by atoms with Crippen LogP contribution in [0.4, 0.5) is 11.4 Å². The van der Waals surface area contributed by atoms with Gasteiger partial charge in [0.25, 0.3) is 5.69 Å². The van der Waals surface area contributed by atoms with Crippen molar-refractivity contribution in [3.8, 4) is 0 Å². The second-order valence-electron chi connectivity index (χ2n) is 6.47. The molecule has 1 N–H and O–H groups in total. The first-order chi connectivity index (χ1) is 14.4. The average Bonchev–Trinajstić information content (AvgIpc) is 2.76. The van der Waals surface area contributed by atoms with Gasteiger partial charge in [-0.3, -0.25) is 24.5 Å². The fourth-order valence-corrected chi connectivity index (χ4v) is 2.86. The number of carbonyl (C=O) groups excluding carboxylic acids is 3. The molecule has 0 heterocycles. The number of nitro groups is 1. The van der Waals surface area contributed by atoms with Gasteiger partial charge in [-0.15, -0.1) is 0 Å². The van der Waals surface area contributed by atoms with Crippen molar-refractivity contribution in [1.29, 1.82) is 0 Å². The van der Waals surface area contributed by atoms with E-state index in [1.807, 2.05) is 36.4 Å². The molecule has 0 aliphatic carbocycles. The molecule has 30 heavy (non-hydrogen) atoms. The van der Waals surface area contributed by atoms with Gasteiger partial charge in [0.05, 0.1) is 11.3 Å². The summed E-state index contributed by atoms with van der Waals surface area (Å²) in [6, 6.07) is 18.3. The SMILES string of the molecule is O=C(CCC(=O)OCC(=O)c1cccc([N+](=O)[O-])c1)Nc1cccc2ccccc12. The molecule has 0 aliphatic heterocycles. The fraction of sp³-hybridized carbons (Fsp3) is 0.136. The first-order valence-corrected chi connectivity index (χ1v) is 9.15. The predicted molar refractivity (Wildman–Crippen MR) is 110 cm³/mol. The van der Waals surface area contributed by atoms with Crippen molar-refractivity contribution in [2.75, 3.05) is 11.9 Å². The third-order valence-electron chi connectivity index (χ3n) is 4.36. The smallest absolute Gasteiger partial charge is 0.306 e. The number of benzene rings is 3. The number of rotatable bonds is 8. The number of Topliss-reactive ketones (excluding diaryl/α,β-unsaturated/α-hetero) is 1. The van der Waals surface area contributed by atoms with E-state index in [1.54, 1.807) is 6.07 Å². The van der Waals surface area contributed by atoms with Crippen molar-refractivity contribution in [3.63, 3.8) is 0 Å². The summed E-state index contributed by atoms with van der Waals surface area (Å²) < 4.78 is 4.89. The van der Waals surface area contributed by atoms with Crippen LogP contribution < -0.4 is 5.32 Å². The quantitative estimate of drug-likeness (QED) is 0.263. The van der Waals surface area contributed by atoms with Crippen LogP contribution in [0.2, 0.25) is 0 Å². The fourth-order valence-electron chi connectivity index (χ4n) is 2.86. The lowest BCUT2D eigenvalue weighted by Crippen LogP contribution is -2.17. The molecule has 0 atom stereocenters. The molecule has 0 spiro atoms. The Bertz CT molecular complexity index is 1120. The van der Waals surface area contributed by atoms with Gasteiger partial charge in [-0.25, -0.2) is 0 Å². The van der Waals surface area contributed by atoms with E-state index in [-0.39, 0.29) is 30.0 Å². The Hall–Kier alpha value is -4.07. The Morgan fingerprint density at radius 2 is 1.67 bits per heavy atom. The number of hydrogen-bond acceptors (Lipinski definition) is 6. The van der Waals surface area contributed by atoms with E-state index in [9.17, 15) is 24.5 Å². The van der Waals surface area contributed by atoms with Crippen molar-refractivity contribution in [1.82, 2.24) is 0 Å². The third kappa shape index (κ3) is 5.26. The highest BCUT2D eigenvalue weighted by Gasteiger charge is 2.15. The van der Waals surface area contributed by atoms with E-state index in [2.05, 4.69) is 5.32 Å². The van der Waals surface area contributed by atoms with Crippen LogP contribution in [0, 0.1) is 10.1 Å². The molecular formula is C22H18N2O6. The zero-order valence-electron chi connectivity index (χ0n) is 15.9. The summed E-state index contributed by atoms with van der Waals surface area (Å²) in [5, 5.41) is 15.4. The Labute approximate surface area is 171 Å². The van der Waals surface area contributed by atoms with Crippen molar-refractivity contribution >= 4 is 39.8 Å². The number of non-ortho nitro benzene ring substituents is 1. The summed E-state index contributed by atoms with van der Waals surface area (Å²) in [4.78, 5) is 46.2. The van der Waals surface area contributed by atoms with Crippen molar-refractivity contribution in [2.24, 2.45) is 0 Å². The molecule has 0 radical (unpaired) electrons. The zero-order chi connectivity index (χ0) is 21.5. The average molecular weight is 406 g/mol. The lowest BCUT2D eigenvalue weighted by molar-refractivity contribution is -0.384. The summed E-state index contributed by atoms with van der Waals surface area (Å²) in [6.07, 6.45) is -0.300. The molecule has 0 bridgehead atoms. The number of carbonyl (C=O) groups is 3. The highest BCUT2D eigenvalue weighted by atomic mass is 16.6. The molecular weight excluding hydrogens is 388 g/mol. The van der Waals surface area contributed by atoms with E-state index >= 15 is 0 Å². The van der Waals surface area contributed by atoms with E-state index in [0.29, 0.717) is 5.69 Å². The molecule has 0 saturated carbocycles. The molecule has 0 unspecified atom stereocenters. The molecule has 3 aromatic rings. The molecule has 3 aromatic carbocycles. The largest absolute Gasteiger partial charge is 0.457 e. The number of ether oxygens (including phenoxy) is 1. The van der Waals surface area contributed by atoms with Gasteiger partial charge in [-0.2, -0.15) is 0 Å². The molecule has 0 fully saturated rings. The third-order valence-corrected chi connectivity index (χ3v) is 4.36. The Morgan fingerprint density at radius 1 is 0.933 bits per heavy atom. The Morgan fingerprint density at radius 3 is 2.47 bits per heavy atom. The normalized spacial score (nSPS) is 10.4. The summed E-state index contributed by atoms with van der Waals surface area (Å²) in [5.74, 6) is -1.62.